The van der Waals surface area contributed by atoms with Crippen molar-refractivity contribution in [3.63, 3.8) is 0 Å². The van der Waals surface area contributed by atoms with Gasteiger partial charge in [0.1, 0.15) is 5.69 Å². The molecule has 0 N–H and O–H groups in total. The van der Waals surface area contributed by atoms with Crippen LogP contribution >= 0.6 is 0 Å². The highest BCUT2D eigenvalue weighted by atomic mass is 16.7. The first-order valence-corrected chi connectivity index (χ1v) is 10.8. The maximum Gasteiger partial charge on any atom is 0.329 e. The third-order valence-corrected chi connectivity index (χ3v) is 5.93. The maximum atomic E-state index is 12.3. The third kappa shape index (κ3) is 4.13. The Hall–Kier alpha value is -3.90. The van der Waals surface area contributed by atoms with Crippen molar-refractivity contribution in [2.75, 3.05) is 45.0 Å². The summed E-state index contributed by atoms with van der Waals surface area (Å²) >= 11 is 0. The van der Waals surface area contributed by atoms with Gasteiger partial charge in [-0.15, -0.1) is 0 Å². The Labute approximate surface area is 191 Å². The number of para-hydroxylation sites is 2. The number of fused-ring (bicyclic) bond motifs is 2. The molecule has 1 atom stereocenters. The highest BCUT2D eigenvalue weighted by molar-refractivity contribution is 5.85. The number of anilines is 1. The first-order chi connectivity index (χ1) is 16.2. The average molecular weight is 445 g/mol. The van der Waals surface area contributed by atoms with E-state index in [1.165, 1.54) is 7.11 Å². The van der Waals surface area contributed by atoms with E-state index < -0.39 is 11.9 Å². The number of carbonyl (C=O) groups is 1. The lowest BCUT2D eigenvalue weighted by Gasteiger charge is -2.36. The van der Waals surface area contributed by atoms with E-state index in [1.54, 1.807) is 0 Å². The van der Waals surface area contributed by atoms with Crippen LogP contribution in [0.4, 0.5) is 5.82 Å². The second-order valence-corrected chi connectivity index (χ2v) is 7.96. The van der Waals surface area contributed by atoms with E-state index >= 15 is 0 Å². The average Bonchev–Trinajstić information content (AvgIpc) is 3.32. The second kappa shape index (κ2) is 8.92. The number of rotatable bonds is 5. The standard InChI is InChI=1S/C24H23N5O4/c1-31-24(30)17(13-25)22-23(27-19-5-3-2-4-18(19)26-22)29-10-8-28(9-11-29)14-16-6-7-20-21(12-16)33-15-32-20/h2-7,12,17H,8-11,14-15H2,1H3/t17-/m1/s1. The summed E-state index contributed by atoms with van der Waals surface area (Å²) in [4.78, 5) is 26.2. The number of methoxy groups -OCH3 is 1. The van der Waals surface area contributed by atoms with Crippen LogP contribution in [0, 0.1) is 11.3 Å². The van der Waals surface area contributed by atoms with Crippen molar-refractivity contribution >= 4 is 22.8 Å². The zero-order chi connectivity index (χ0) is 22.8. The van der Waals surface area contributed by atoms with Crippen molar-refractivity contribution < 1.29 is 19.0 Å². The molecule has 1 aromatic heterocycles. The Balaban J connectivity index is 1.36. The number of hydrogen-bond acceptors (Lipinski definition) is 9. The fraction of sp³-hybridized carbons (Fsp3) is 0.333. The Kier molecular flexibility index (Phi) is 5.67. The molecule has 0 bridgehead atoms. The molecule has 5 rings (SSSR count). The molecule has 1 fully saturated rings. The SMILES string of the molecule is COC(=O)[C@H](C#N)c1nc2ccccc2nc1N1CCN(Cc2ccc3c(c2)OCO3)CC1. The molecule has 9 heteroatoms. The van der Waals surface area contributed by atoms with E-state index in [0.717, 1.165) is 42.2 Å². The summed E-state index contributed by atoms with van der Waals surface area (Å²) in [5.41, 5.74) is 2.86. The van der Waals surface area contributed by atoms with Gasteiger partial charge in [-0.25, -0.2) is 9.97 Å². The summed E-state index contributed by atoms with van der Waals surface area (Å²) in [5.74, 6) is 0.364. The van der Waals surface area contributed by atoms with E-state index in [4.69, 9.17) is 19.2 Å². The summed E-state index contributed by atoms with van der Waals surface area (Å²) in [7, 11) is 1.27. The van der Waals surface area contributed by atoms with Gasteiger partial charge in [0.05, 0.1) is 24.2 Å². The molecular formula is C24H23N5O4. The van der Waals surface area contributed by atoms with Gasteiger partial charge < -0.3 is 19.1 Å². The minimum atomic E-state index is -1.13. The van der Waals surface area contributed by atoms with Crippen molar-refractivity contribution in [1.29, 1.82) is 5.26 Å². The van der Waals surface area contributed by atoms with Crippen LogP contribution in [0.25, 0.3) is 11.0 Å². The van der Waals surface area contributed by atoms with Crippen molar-refractivity contribution in [3.8, 4) is 17.6 Å². The van der Waals surface area contributed by atoms with Crippen molar-refractivity contribution in [2.24, 2.45) is 0 Å². The number of ether oxygens (including phenoxy) is 3. The van der Waals surface area contributed by atoms with Gasteiger partial charge in [-0.1, -0.05) is 18.2 Å². The molecule has 33 heavy (non-hydrogen) atoms. The first-order valence-electron chi connectivity index (χ1n) is 10.8. The van der Waals surface area contributed by atoms with Gasteiger partial charge in [-0.2, -0.15) is 5.26 Å². The summed E-state index contributed by atoms with van der Waals surface area (Å²) < 4.78 is 15.7. The van der Waals surface area contributed by atoms with E-state index in [0.29, 0.717) is 30.1 Å². The first kappa shape index (κ1) is 21.0. The van der Waals surface area contributed by atoms with E-state index in [2.05, 4.69) is 20.9 Å². The number of nitrogens with zero attached hydrogens (tertiary/aromatic N) is 5. The highest BCUT2D eigenvalue weighted by Gasteiger charge is 2.31. The van der Waals surface area contributed by atoms with Crippen LogP contribution in [-0.4, -0.2) is 60.9 Å². The zero-order valence-corrected chi connectivity index (χ0v) is 18.2. The third-order valence-electron chi connectivity index (χ3n) is 5.93. The van der Waals surface area contributed by atoms with Gasteiger partial charge >= 0.3 is 5.97 Å². The molecule has 0 radical (unpaired) electrons. The van der Waals surface area contributed by atoms with Crippen LogP contribution in [0.5, 0.6) is 11.5 Å². The molecule has 2 aliphatic heterocycles. The van der Waals surface area contributed by atoms with Crippen molar-refractivity contribution in [3.05, 3.63) is 53.7 Å². The fourth-order valence-corrected chi connectivity index (χ4v) is 4.19. The molecule has 0 saturated carbocycles. The number of esters is 1. The zero-order valence-electron chi connectivity index (χ0n) is 18.2. The maximum absolute atomic E-state index is 12.3. The number of benzene rings is 2. The fourth-order valence-electron chi connectivity index (χ4n) is 4.19. The molecule has 9 nitrogen and oxygen atoms in total. The minimum absolute atomic E-state index is 0.266. The van der Waals surface area contributed by atoms with Crippen LogP contribution in [0.2, 0.25) is 0 Å². The molecule has 0 unspecified atom stereocenters. The van der Waals surface area contributed by atoms with Gasteiger partial charge in [-0.3, -0.25) is 9.69 Å². The van der Waals surface area contributed by atoms with Crippen LogP contribution in [0.1, 0.15) is 17.2 Å². The van der Waals surface area contributed by atoms with Gasteiger partial charge in [-0.05, 0) is 29.8 Å². The summed E-state index contributed by atoms with van der Waals surface area (Å²) in [6.07, 6.45) is 0. The Bertz CT molecular complexity index is 1230. The number of nitriles is 1. The molecule has 3 aromatic rings. The van der Waals surface area contributed by atoms with Crippen LogP contribution in [0.15, 0.2) is 42.5 Å². The summed E-state index contributed by atoms with van der Waals surface area (Å²) in [6.45, 7) is 4.06. The van der Waals surface area contributed by atoms with E-state index in [1.807, 2.05) is 42.5 Å². The van der Waals surface area contributed by atoms with Gasteiger partial charge in [0, 0.05) is 32.7 Å². The van der Waals surface area contributed by atoms with Gasteiger partial charge in [0.2, 0.25) is 6.79 Å². The van der Waals surface area contributed by atoms with Gasteiger partial charge in [0.15, 0.2) is 23.2 Å². The lowest BCUT2D eigenvalue weighted by atomic mass is 10.1. The molecule has 2 aliphatic rings. The molecule has 0 amide bonds. The molecule has 0 spiro atoms. The number of piperazine rings is 1. The molecule has 3 heterocycles. The molecular weight excluding hydrogens is 422 g/mol. The number of aromatic nitrogens is 2. The number of hydrogen-bond donors (Lipinski definition) is 0. The van der Waals surface area contributed by atoms with Crippen molar-refractivity contribution in [2.45, 2.75) is 12.5 Å². The molecule has 2 aromatic carbocycles. The van der Waals surface area contributed by atoms with Crippen molar-refractivity contribution in [1.82, 2.24) is 14.9 Å². The Morgan fingerprint density at radius 3 is 2.55 bits per heavy atom. The van der Waals surface area contributed by atoms with Crippen LogP contribution < -0.4 is 14.4 Å². The Morgan fingerprint density at radius 1 is 1.09 bits per heavy atom. The Morgan fingerprint density at radius 2 is 1.82 bits per heavy atom. The van der Waals surface area contributed by atoms with E-state index in [-0.39, 0.29) is 6.79 Å². The van der Waals surface area contributed by atoms with Gasteiger partial charge in [0.25, 0.3) is 0 Å². The quantitative estimate of drug-likeness (QED) is 0.548. The predicted octanol–water partition coefficient (Wildman–Crippen LogP) is 2.46. The summed E-state index contributed by atoms with van der Waals surface area (Å²) in [6, 6.07) is 15.5. The van der Waals surface area contributed by atoms with Crippen LogP contribution in [0.3, 0.4) is 0 Å². The van der Waals surface area contributed by atoms with Crippen LogP contribution in [-0.2, 0) is 16.1 Å². The predicted molar refractivity (Wildman–Crippen MR) is 120 cm³/mol. The monoisotopic (exact) mass is 445 g/mol. The van der Waals surface area contributed by atoms with E-state index in [9.17, 15) is 10.1 Å². The largest absolute Gasteiger partial charge is 0.468 e. The molecule has 168 valence electrons. The lowest BCUT2D eigenvalue weighted by Crippen LogP contribution is -2.46. The lowest BCUT2D eigenvalue weighted by molar-refractivity contribution is -0.141. The summed E-state index contributed by atoms with van der Waals surface area (Å²) in [5, 5.41) is 9.68. The topological polar surface area (TPSA) is 101 Å². The normalized spacial score (nSPS) is 16.4. The molecule has 1 saturated heterocycles. The second-order valence-electron chi connectivity index (χ2n) is 7.96. The number of carbonyl (C=O) groups excluding carboxylic acids is 1. The smallest absolute Gasteiger partial charge is 0.329 e. The molecule has 0 aliphatic carbocycles. The minimum Gasteiger partial charge on any atom is -0.468 e. The highest BCUT2D eigenvalue weighted by Crippen LogP contribution is 2.33.